The lowest BCUT2D eigenvalue weighted by Crippen LogP contribution is -2.21. The number of fused-ring (bicyclic) bond motifs is 1. The smallest absolute Gasteiger partial charge is 0.135 e. The van der Waals surface area contributed by atoms with Crippen molar-refractivity contribution < 1.29 is 8.95 Å². The average Bonchev–Trinajstić information content (AvgIpc) is 2.51. The van der Waals surface area contributed by atoms with Gasteiger partial charge in [0.05, 0.1) is 22.8 Å². The van der Waals surface area contributed by atoms with Crippen molar-refractivity contribution in [2.75, 3.05) is 19.4 Å². The van der Waals surface area contributed by atoms with E-state index in [-0.39, 0.29) is 0 Å². The fourth-order valence-corrected chi connectivity index (χ4v) is 3.83. The Bertz CT molecular complexity index is 420. The Labute approximate surface area is 105 Å². The molecule has 0 aromatic heterocycles. The van der Waals surface area contributed by atoms with Crippen LogP contribution in [0.3, 0.4) is 0 Å². The van der Waals surface area contributed by atoms with Crippen molar-refractivity contribution >= 4 is 10.8 Å². The molecule has 1 aliphatic heterocycles. The van der Waals surface area contributed by atoms with Gasteiger partial charge in [-0.3, -0.25) is 4.21 Å². The van der Waals surface area contributed by atoms with Crippen LogP contribution in [0, 0.1) is 0 Å². The molecule has 1 N–H and O–H groups in total. The van der Waals surface area contributed by atoms with E-state index in [0.29, 0.717) is 6.04 Å². The van der Waals surface area contributed by atoms with Crippen molar-refractivity contribution in [1.82, 2.24) is 5.32 Å². The molecule has 0 spiro atoms. The highest BCUT2D eigenvalue weighted by Gasteiger charge is 2.24. The lowest BCUT2D eigenvalue weighted by atomic mass is 10.0. The van der Waals surface area contributed by atoms with Gasteiger partial charge in [-0.1, -0.05) is 19.1 Å². The van der Waals surface area contributed by atoms with E-state index in [4.69, 9.17) is 4.74 Å². The quantitative estimate of drug-likeness (QED) is 0.898. The van der Waals surface area contributed by atoms with Crippen LogP contribution >= 0.6 is 0 Å². The summed E-state index contributed by atoms with van der Waals surface area (Å²) >= 11 is 0. The Morgan fingerprint density at radius 1 is 1.53 bits per heavy atom. The monoisotopic (exact) mass is 253 g/mol. The highest BCUT2D eigenvalue weighted by molar-refractivity contribution is 7.85. The lowest BCUT2D eigenvalue weighted by Gasteiger charge is -2.19. The molecule has 94 valence electrons. The van der Waals surface area contributed by atoms with Crippen LogP contribution in [0.5, 0.6) is 5.75 Å². The van der Waals surface area contributed by atoms with Crippen molar-refractivity contribution in [3.8, 4) is 5.75 Å². The molecule has 0 amide bonds. The van der Waals surface area contributed by atoms with Crippen molar-refractivity contribution in [2.45, 2.75) is 30.7 Å². The number of hydrogen-bond donors (Lipinski definition) is 1. The second-order valence-electron chi connectivity index (χ2n) is 4.18. The molecule has 2 unspecified atom stereocenters. The molecule has 1 heterocycles. The van der Waals surface area contributed by atoms with E-state index in [1.54, 1.807) is 7.11 Å². The van der Waals surface area contributed by atoms with Gasteiger partial charge in [-0.05, 0) is 31.0 Å². The van der Waals surface area contributed by atoms with Crippen molar-refractivity contribution in [1.29, 1.82) is 0 Å². The third-order valence-electron chi connectivity index (χ3n) is 3.11. The molecule has 0 fully saturated rings. The zero-order chi connectivity index (χ0) is 12.3. The van der Waals surface area contributed by atoms with Gasteiger partial charge in [0.15, 0.2) is 0 Å². The Kier molecular flexibility index (Phi) is 4.18. The van der Waals surface area contributed by atoms with Gasteiger partial charge < -0.3 is 10.1 Å². The first kappa shape index (κ1) is 12.6. The molecular formula is C13H19NO2S. The van der Waals surface area contributed by atoms with Crippen LogP contribution in [0.2, 0.25) is 0 Å². The van der Waals surface area contributed by atoms with Crippen molar-refractivity contribution in [2.24, 2.45) is 0 Å². The molecule has 0 aliphatic carbocycles. The Morgan fingerprint density at radius 3 is 3.06 bits per heavy atom. The van der Waals surface area contributed by atoms with E-state index in [9.17, 15) is 4.21 Å². The predicted octanol–water partition coefficient (Wildman–Crippen LogP) is 2.25. The summed E-state index contributed by atoms with van der Waals surface area (Å²) in [7, 11) is 0.706. The van der Waals surface area contributed by atoms with Crippen LogP contribution in [0.15, 0.2) is 23.1 Å². The molecule has 17 heavy (non-hydrogen) atoms. The minimum atomic E-state index is -0.933. The van der Waals surface area contributed by atoms with Gasteiger partial charge in [-0.2, -0.15) is 0 Å². The zero-order valence-electron chi connectivity index (χ0n) is 10.4. The summed E-state index contributed by atoms with van der Waals surface area (Å²) in [6, 6.07) is 6.24. The second-order valence-corrected chi connectivity index (χ2v) is 5.69. The minimum Gasteiger partial charge on any atom is -0.495 e. The third kappa shape index (κ3) is 2.53. The van der Waals surface area contributed by atoms with Gasteiger partial charge in [0.25, 0.3) is 0 Å². The van der Waals surface area contributed by atoms with Gasteiger partial charge in [-0.25, -0.2) is 0 Å². The van der Waals surface area contributed by atoms with Crippen LogP contribution in [0.4, 0.5) is 0 Å². The van der Waals surface area contributed by atoms with E-state index in [0.717, 1.165) is 41.3 Å². The van der Waals surface area contributed by atoms with Gasteiger partial charge >= 0.3 is 0 Å². The molecule has 3 nitrogen and oxygen atoms in total. The predicted molar refractivity (Wildman–Crippen MR) is 69.9 cm³/mol. The minimum absolute atomic E-state index is 0.302. The molecule has 0 radical (unpaired) electrons. The number of methoxy groups -OCH3 is 1. The van der Waals surface area contributed by atoms with Gasteiger partial charge in [0, 0.05) is 11.8 Å². The maximum Gasteiger partial charge on any atom is 0.135 e. The Hall–Kier alpha value is -0.870. The van der Waals surface area contributed by atoms with E-state index >= 15 is 0 Å². The summed E-state index contributed by atoms with van der Waals surface area (Å²) in [6.07, 6.45) is 2.03. The van der Waals surface area contributed by atoms with Crippen LogP contribution in [0.25, 0.3) is 0 Å². The molecule has 2 rings (SSSR count). The third-order valence-corrected chi connectivity index (χ3v) is 4.66. The fraction of sp³-hybridized carbons (Fsp3) is 0.538. The standard InChI is InChI=1S/C13H19NO2S/c1-3-14-11-7-5-9-17(15)13-10(11)6-4-8-12(13)16-2/h4,6,8,11,14H,3,5,7,9H2,1-2H3. The molecule has 0 saturated heterocycles. The molecule has 2 atom stereocenters. The van der Waals surface area contributed by atoms with Gasteiger partial charge in [0.1, 0.15) is 5.75 Å². The van der Waals surface area contributed by atoms with E-state index < -0.39 is 10.8 Å². The summed E-state index contributed by atoms with van der Waals surface area (Å²) < 4.78 is 17.6. The molecule has 4 heteroatoms. The first-order valence-corrected chi connectivity index (χ1v) is 7.38. The van der Waals surface area contributed by atoms with Crippen molar-refractivity contribution in [3.63, 3.8) is 0 Å². The lowest BCUT2D eigenvalue weighted by molar-refractivity contribution is 0.400. The molecule has 1 aromatic carbocycles. The van der Waals surface area contributed by atoms with Crippen LogP contribution in [-0.4, -0.2) is 23.6 Å². The highest BCUT2D eigenvalue weighted by Crippen LogP contribution is 2.35. The summed E-state index contributed by atoms with van der Waals surface area (Å²) in [5.74, 6) is 1.49. The maximum atomic E-state index is 12.2. The summed E-state index contributed by atoms with van der Waals surface area (Å²) in [5.41, 5.74) is 1.14. The molecule has 1 aromatic rings. The maximum absolute atomic E-state index is 12.2. The zero-order valence-corrected chi connectivity index (χ0v) is 11.2. The fourth-order valence-electron chi connectivity index (χ4n) is 2.35. The van der Waals surface area contributed by atoms with E-state index in [1.165, 1.54) is 0 Å². The normalized spacial score (nSPS) is 23.9. The first-order chi connectivity index (χ1) is 8.27. The number of rotatable bonds is 3. The van der Waals surface area contributed by atoms with Gasteiger partial charge in [-0.15, -0.1) is 0 Å². The molecule has 0 saturated carbocycles. The SMILES string of the molecule is CCNC1CCCS(=O)c2c(OC)cccc21. The Balaban J connectivity index is 2.49. The number of nitrogens with one attached hydrogen (secondary N) is 1. The summed E-state index contributed by atoms with van der Waals surface area (Å²) in [4.78, 5) is 0.887. The van der Waals surface area contributed by atoms with E-state index in [1.807, 2.05) is 12.1 Å². The molecule has 0 bridgehead atoms. The van der Waals surface area contributed by atoms with Crippen LogP contribution < -0.4 is 10.1 Å². The number of hydrogen-bond acceptors (Lipinski definition) is 3. The van der Waals surface area contributed by atoms with Crippen molar-refractivity contribution in [3.05, 3.63) is 23.8 Å². The summed E-state index contributed by atoms with van der Waals surface area (Å²) in [6.45, 7) is 3.02. The van der Waals surface area contributed by atoms with Crippen LogP contribution in [0.1, 0.15) is 31.4 Å². The topological polar surface area (TPSA) is 38.3 Å². The van der Waals surface area contributed by atoms with Crippen LogP contribution in [-0.2, 0) is 10.8 Å². The largest absolute Gasteiger partial charge is 0.495 e. The number of ether oxygens (including phenoxy) is 1. The Morgan fingerprint density at radius 2 is 2.35 bits per heavy atom. The highest BCUT2D eigenvalue weighted by atomic mass is 32.2. The van der Waals surface area contributed by atoms with E-state index in [2.05, 4.69) is 18.3 Å². The molecular weight excluding hydrogens is 234 g/mol. The van der Waals surface area contributed by atoms with Gasteiger partial charge in [0.2, 0.25) is 0 Å². The second kappa shape index (κ2) is 5.65. The molecule has 1 aliphatic rings. The first-order valence-electron chi connectivity index (χ1n) is 6.06. The average molecular weight is 253 g/mol. The number of benzene rings is 1. The summed E-state index contributed by atoms with van der Waals surface area (Å²) in [5, 5.41) is 3.46.